The molecule has 1 aromatic heterocycles. The molecule has 0 spiro atoms. The first-order valence-electron chi connectivity index (χ1n) is 8.29. The molecule has 3 rings (SSSR count). The quantitative estimate of drug-likeness (QED) is 0.473. The maximum Gasteiger partial charge on any atom is 0.234 e. The van der Waals surface area contributed by atoms with Crippen LogP contribution in [0.2, 0.25) is 0 Å². The van der Waals surface area contributed by atoms with Crippen LogP contribution in [0.5, 0.6) is 11.5 Å². The van der Waals surface area contributed by atoms with Crippen molar-refractivity contribution in [2.45, 2.75) is 18.6 Å². The van der Waals surface area contributed by atoms with Crippen molar-refractivity contribution >= 4 is 23.4 Å². The average Bonchev–Trinajstić information content (AvgIpc) is 3.11. The zero-order valence-electron chi connectivity index (χ0n) is 14.8. The minimum absolute atomic E-state index is 0.173. The molecule has 0 aliphatic rings. The number of thioether (sulfide) groups is 1. The number of nitrogens with zero attached hydrogens (tertiary/aromatic N) is 4. The maximum absolute atomic E-state index is 12.3. The van der Waals surface area contributed by atoms with Gasteiger partial charge in [0.05, 0.1) is 18.0 Å². The largest absolute Gasteiger partial charge is 0.455 e. The van der Waals surface area contributed by atoms with Crippen LogP contribution >= 0.6 is 11.8 Å². The second kappa shape index (κ2) is 9.00. The molecule has 7 nitrogen and oxygen atoms in total. The first-order chi connectivity index (χ1) is 13.2. The van der Waals surface area contributed by atoms with E-state index in [1.807, 2.05) is 49.4 Å². The standard InChI is InChI=1S/C19H19N5O2S/c1-3-12-24-19(21-22-23-24)27-13-18(25)20-16-6-4-5-7-17(16)26-15-10-8-14(2)9-11-15/h3-11H,1,12-13H2,2H3,(H,20,25). The summed E-state index contributed by atoms with van der Waals surface area (Å²) in [6.45, 7) is 6.16. The number of anilines is 1. The first-order valence-corrected chi connectivity index (χ1v) is 9.27. The highest BCUT2D eigenvalue weighted by atomic mass is 32.2. The molecule has 0 radical (unpaired) electrons. The van der Waals surface area contributed by atoms with Crippen molar-refractivity contribution in [1.82, 2.24) is 20.2 Å². The highest BCUT2D eigenvalue weighted by molar-refractivity contribution is 7.99. The summed E-state index contributed by atoms with van der Waals surface area (Å²) in [4.78, 5) is 12.3. The fraction of sp³-hybridized carbons (Fsp3) is 0.158. The summed E-state index contributed by atoms with van der Waals surface area (Å²) < 4.78 is 7.48. The van der Waals surface area contributed by atoms with E-state index in [9.17, 15) is 4.79 Å². The summed E-state index contributed by atoms with van der Waals surface area (Å²) >= 11 is 1.26. The molecule has 3 aromatic rings. The zero-order valence-corrected chi connectivity index (χ0v) is 15.6. The third kappa shape index (κ3) is 5.18. The smallest absolute Gasteiger partial charge is 0.234 e. The average molecular weight is 381 g/mol. The van der Waals surface area contributed by atoms with Gasteiger partial charge in [0, 0.05) is 0 Å². The molecule has 27 heavy (non-hydrogen) atoms. The van der Waals surface area contributed by atoms with Crippen molar-refractivity contribution in [2.75, 3.05) is 11.1 Å². The van der Waals surface area contributed by atoms with E-state index in [4.69, 9.17) is 4.74 Å². The molecule has 1 heterocycles. The summed E-state index contributed by atoms with van der Waals surface area (Å²) in [7, 11) is 0. The van der Waals surface area contributed by atoms with Gasteiger partial charge in [-0.05, 0) is 41.6 Å². The highest BCUT2D eigenvalue weighted by Gasteiger charge is 2.12. The number of amides is 1. The van der Waals surface area contributed by atoms with Gasteiger partial charge in [0.2, 0.25) is 11.1 Å². The number of rotatable bonds is 8. The normalized spacial score (nSPS) is 10.4. The predicted molar refractivity (Wildman–Crippen MR) is 105 cm³/mol. The highest BCUT2D eigenvalue weighted by Crippen LogP contribution is 2.29. The van der Waals surface area contributed by atoms with Crippen LogP contribution in [0.1, 0.15) is 5.56 Å². The molecule has 0 unspecified atom stereocenters. The fourth-order valence-electron chi connectivity index (χ4n) is 2.25. The van der Waals surface area contributed by atoms with Crippen molar-refractivity contribution in [3.05, 3.63) is 66.7 Å². The zero-order chi connectivity index (χ0) is 19.1. The molecule has 8 heteroatoms. The molecule has 0 aliphatic carbocycles. The molecule has 0 aliphatic heterocycles. The lowest BCUT2D eigenvalue weighted by Gasteiger charge is -2.12. The van der Waals surface area contributed by atoms with Gasteiger partial charge in [0.15, 0.2) is 5.75 Å². The molecule has 0 bridgehead atoms. The van der Waals surface area contributed by atoms with Gasteiger partial charge in [-0.1, -0.05) is 47.7 Å². The molecule has 1 amide bonds. The molecule has 0 atom stereocenters. The number of aromatic nitrogens is 4. The number of tetrazole rings is 1. The van der Waals surface area contributed by atoms with Crippen molar-refractivity contribution in [3.8, 4) is 11.5 Å². The van der Waals surface area contributed by atoms with E-state index in [1.54, 1.807) is 16.8 Å². The monoisotopic (exact) mass is 381 g/mol. The lowest BCUT2D eigenvalue weighted by atomic mass is 10.2. The van der Waals surface area contributed by atoms with Gasteiger partial charge < -0.3 is 10.1 Å². The first kappa shape index (κ1) is 18.7. The molecule has 1 N–H and O–H groups in total. The Morgan fingerprint density at radius 3 is 2.81 bits per heavy atom. The van der Waals surface area contributed by atoms with E-state index < -0.39 is 0 Å². The number of carbonyl (C=O) groups excluding carboxylic acids is 1. The third-order valence-electron chi connectivity index (χ3n) is 3.54. The Balaban J connectivity index is 1.63. The Labute approximate surface area is 161 Å². The van der Waals surface area contributed by atoms with Gasteiger partial charge in [0.25, 0.3) is 0 Å². The number of nitrogens with one attached hydrogen (secondary N) is 1. The van der Waals surface area contributed by atoms with E-state index in [0.29, 0.717) is 28.9 Å². The van der Waals surface area contributed by atoms with Crippen LogP contribution in [-0.4, -0.2) is 31.9 Å². The minimum atomic E-state index is -0.173. The molecule has 0 saturated carbocycles. The Kier molecular flexibility index (Phi) is 6.22. The number of hydrogen-bond donors (Lipinski definition) is 1. The summed E-state index contributed by atoms with van der Waals surface area (Å²) in [5.74, 6) is 1.29. The topological polar surface area (TPSA) is 81.9 Å². The Bertz CT molecular complexity index is 924. The van der Waals surface area contributed by atoms with Crippen LogP contribution in [0, 0.1) is 6.92 Å². The van der Waals surface area contributed by atoms with Crippen molar-refractivity contribution in [3.63, 3.8) is 0 Å². The van der Waals surface area contributed by atoms with Crippen LogP contribution in [0.25, 0.3) is 0 Å². The molecular formula is C19H19N5O2S. The number of allylic oxidation sites excluding steroid dienone is 1. The Hall–Kier alpha value is -3.13. The second-order valence-electron chi connectivity index (χ2n) is 5.68. The Morgan fingerprint density at radius 1 is 1.26 bits per heavy atom. The number of para-hydroxylation sites is 2. The van der Waals surface area contributed by atoms with Crippen molar-refractivity contribution in [1.29, 1.82) is 0 Å². The van der Waals surface area contributed by atoms with Crippen LogP contribution in [-0.2, 0) is 11.3 Å². The van der Waals surface area contributed by atoms with E-state index >= 15 is 0 Å². The predicted octanol–water partition coefficient (Wildman–Crippen LogP) is 3.69. The van der Waals surface area contributed by atoms with E-state index in [1.165, 1.54) is 11.8 Å². The summed E-state index contributed by atoms with van der Waals surface area (Å²) in [6.07, 6.45) is 1.69. The molecular weight excluding hydrogens is 362 g/mol. The van der Waals surface area contributed by atoms with E-state index in [0.717, 1.165) is 5.56 Å². The van der Waals surface area contributed by atoms with Gasteiger partial charge in [-0.2, -0.15) is 0 Å². The van der Waals surface area contributed by atoms with Gasteiger partial charge >= 0.3 is 0 Å². The lowest BCUT2D eigenvalue weighted by molar-refractivity contribution is -0.113. The van der Waals surface area contributed by atoms with Gasteiger partial charge in [0.1, 0.15) is 5.75 Å². The number of carbonyl (C=O) groups is 1. The van der Waals surface area contributed by atoms with Crippen LogP contribution in [0.4, 0.5) is 5.69 Å². The SMILES string of the molecule is C=CCn1nnnc1SCC(=O)Nc1ccccc1Oc1ccc(C)cc1. The van der Waals surface area contributed by atoms with Crippen LogP contribution in [0.15, 0.2) is 66.3 Å². The van der Waals surface area contributed by atoms with Crippen molar-refractivity contribution in [2.24, 2.45) is 0 Å². The fourth-order valence-corrected chi connectivity index (χ4v) is 2.93. The summed E-state index contributed by atoms with van der Waals surface area (Å²) in [5.41, 5.74) is 1.76. The lowest BCUT2D eigenvalue weighted by Crippen LogP contribution is -2.15. The Morgan fingerprint density at radius 2 is 2.04 bits per heavy atom. The van der Waals surface area contributed by atoms with Gasteiger partial charge in [-0.15, -0.1) is 11.7 Å². The number of hydrogen-bond acceptors (Lipinski definition) is 6. The third-order valence-corrected chi connectivity index (χ3v) is 4.50. The maximum atomic E-state index is 12.3. The molecule has 138 valence electrons. The van der Waals surface area contributed by atoms with E-state index in [2.05, 4.69) is 27.4 Å². The minimum Gasteiger partial charge on any atom is -0.455 e. The number of aryl methyl sites for hydroxylation is 1. The second-order valence-corrected chi connectivity index (χ2v) is 6.62. The summed E-state index contributed by atoms with van der Waals surface area (Å²) in [6, 6.07) is 15.0. The number of benzene rings is 2. The summed E-state index contributed by atoms with van der Waals surface area (Å²) in [5, 5.41) is 14.8. The van der Waals surface area contributed by atoms with Crippen LogP contribution in [0.3, 0.4) is 0 Å². The van der Waals surface area contributed by atoms with Crippen LogP contribution < -0.4 is 10.1 Å². The molecule has 0 fully saturated rings. The van der Waals surface area contributed by atoms with Gasteiger partial charge in [-0.25, -0.2) is 4.68 Å². The molecule has 0 saturated heterocycles. The van der Waals surface area contributed by atoms with Crippen molar-refractivity contribution < 1.29 is 9.53 Å². The number of ether oxygens (including phenoxy) is 1. The molecule has 2 aromatic carbocycles. The van der Waals surface area contributed by atoms with E-state index in [-0.39, 0.29) is 11.7 Å². The van der Waals surface area contributed by atoms with Gasteiger partial charge in [-0.3, -0.25) is 4.79 Å².